The van der Waals surface area contributed by atoms with Crippen molar-refractivity contribution in [2.75, 3.05) is 0 Å². The number of aliphatic imine (C=N–C) groups is 1. The van der Waals surface area contributed by atoms with Crippen LogP contribution in [0.3, 0.4) is 0 Å². The van der Waals surface area contributed by atoms with Crippen molar-refractivity contribution in [3.8, 4) is 30.5 Å². The smallest absolute Gasteiger partial charge is 0.192 e. The van der Waals surface area contributed by atoms with E-state index in [2.05, 4.69) is 17.1 Å². The maximum absolute atomic E-state index is 9.64. The van der Waals surface area contributed by atoms with Crippen LogP contribution in [-0.2, 0) is 0 Å². The van der Waals surface area contributed by atoms with Gasteiger partial charge in [0.05, 0.1) is 29.0 Å². The number of nitriles is 5. The maximum Gasteiger partial charge on any atom is 0.206 e. The molecule has 0 aromatic heterocycles. The lowest BCUT2D eigenvalue weighted by molar-refractivity contribution is 1.41. The summed E-state index contributed by atoms with van der Waals surface area (Å²) in [4.78, 5) is 4.00. The Kier molecular flexibility index (Phi) is 5.02. The molecule has 0 bridgehead atoms. The van der Waals surface area contributed by atoms with Gasteiger partial charge >= 0.3 is 0 Å². The number of allylic oxidation sites excluding steroid dienone is 8. The number of benzene rings is 2. The second-order valence-corrected chi connectivity index (χ2v) is 6.79. The highest BCUT2D eigenvalue weighted by molar-refractivity contribution is 6.38. The van der Waals surface area contributed by atoms with Gasteiger partial charge in [-0.3, -0.25) is 0 Å². The third-order valence-corrected chi connectivity index (χ3v) is 5.23. The zero-order valence-electron chi connectivity index (χ0n) is 16.5. The Morgan fingerprint density at radius 1 is 0.656 bits per heavy atom. The molecule has 32 heavy (non-hydrogen) atoms. The topological polar surface area (TPSA) is 131 Å². The monoisotopic (exact) mass is 406 g/mol. The Hall–Kier alpha value is -5.48. The summed E-state index contributed by atoms with van der Waals surface area (Å²) in [6.45, 7) is 0. The third kappa shape index (κ3) is 2.98. The van der Waals surface area contributed by atoms with Gasteiger partial charge in [-0.05, 0) is 35.4 Å². The van der Waals surface area contributed by atoms with Crippen LogP contribution < -0.4 is 0 Å². The number of nitrogens with zero attached hydrogens (tertiary/aromatic N) is 6. The molecular formula is C26H10N6. The van der Waals surface area contributed by atoms with Gasteiger partial charge in [-0.2, -0.15) is 31.3 Å². The minimum Gasteiger partial charge on any atom is -0.192 e. The SMILES string of the molecule is N#CN=C1C(c2ccccc2C#N)=CC2=C1C=C(c1ccccc1C#N)C2=C(C#N)C#N. The fraction of sp³-hybridized carbons (Fsp3) is 0. The first kappa shape index (κ1) is 19.8. The highest BCUT2D eigenvalue weighted by Crippen LogP contribution is 2.47. The summed E-state index contributed by atoms with van der Waals surface area (Å²) < 4.78 is 0. The minimum absolute atomic E-state index is 0.114. The van der Waals surface area contributed by atoms with Crippen LogP contribution in [0.25, 0.3) is 11.1 Å². The lowest BCUT2D eigenvalue weighted by Crippen LogP contribution is -2.02. The molecule has 2 aliphatic carbocycles. The van der Waals surface area contributed by atoms with Gasteiger partial charge < -0.3 is 0 Å². The molecule has 2 aliphatic rings. The van der Waals surface area contributed by atoms with E-state index in [1.165, 1.54) is 0 Å². The maximum atomic E-state index is 9.64. The first-order valence-corrected chi connectivity index (χ1v) is 9.37. The van der Waals surface area contributed by atoms with E-state index in [0.717, 1.165) is 0 Å². The molecule has 6 nitrogen and oxygen atoms in total. The first-order valence-electron chi connectivity index (χ1n) is 9.37. The minimum atomic E-state index is -0.114. The van der Waals surface area contributed by atoms with Crippen molar-refractivity contribution in [2.24, 2.45) is 4.99 Å². The van der Waals surface area contributed by atoms with Crippen LogP contribution in [0, 0.1) is 56.8 Å². The van der Waals surface area contributed by atoms with Crippen molar-refractivity contribution in [1.29, 1.82) is 26.3 Å². The van der Waals surface area contributed by atoms with Crippen molar-refractivity contribution in [2.45, 2.75) is 0 Å². The largest absolute Gasteiger partial charge is 0.206 e. The predicted octanol–water partition coefficient (Wildman–Crippen LogP) is 4.49. The average Bonchev–Trinajstić information content (AvgIpc) is 3.37. The highest BCUT2D eigenvalue weighted by atomic mass is 14.7. The van der Waals surface area contributed by atoms with E-state index in [1.54, 1.807) is 60.7 Å². The molecule has 2 aromatic rings. The summed E-state index contributed by atoms with van der Waals surface area (Å²) in [5.41, 5.74) is 4.82. The molecule has 0 heterocycles. The Morgan fingerprint density at radius 3 is 1.72 bits per heavy atom. The Labute approximate surface area is 184 Å². The second-order valence-electron chi connectivity index (χ2n) is 6.79. The lowest BCUT2D eigenvalue weighted by Gasteiger charge is -2.12. The predicted molar refractivity (Wildman–Crippen MR) is 117 cm³/mol. The van der Waals surface area contributed by atoms with Gasteiger partial charge in [0.25, 0.3) is 0 Å². The van der Waals surface area contributed by atoms with Crippen LogP contribution in [0.1, 0.15) is 22.3 Å². The molecule has 0 spiro atoms. The van der Waals surface area contributed by atoms with Crippen molar-refractivity contribution in [1.82, 2.24) is 0 Å². The zero-order chi connectivity index (χ0) is 22.7. The van der Waals surface area contributed by atoms with Gasteiger partial charge in [-0.1, -0.05) is 36.4 Å². The van der Waals surface area contributed by atoms with E-state index in [-0.39, 0.29) is 5.57 Å². The van der Waals surface area contributed by atoms with Crippen molar-refractivity contribution < 1.29 is 0 Å². The number of hydrogen-bond donors (Lipinski definition) is 0. The molecule has 4 rings (SSSR count). The normalized spacial score (nSPS) is 15.0. The molecule has 0 atom stereocenters. The fourth-order valence-corrected chi connectivity index (χ4v) is 3.90. The molecular weight excluding hydrogens is 396 g/mol. The summed E-state index contributed by atoms with van der Waals surface area (Å²) >= 11 is 0. The van der Waals surface area contributed by atoms with E-state index in [0.29, 0.717) is 55.8 Å². The van der Waals surface area contributed by atoms with Gasteiger partial charge in [0, 0.05) is 27.8 Å². The van der Waals surface area contributed by atoms with E-state index in [4.69, 9.17) is 0 Å². The zero-order valence-corrected chi connectivity index (χ0v) is 16.5. The molecule has 0 N–H and O–H groups in total. The van der Waals surface area contributed by atoms with Crippen LogP contribution in [0.5, 0.6) is 0 Å². The standard InChI is InChI=1S/C26H10N6/c27-11-16-5-1-3-7-19(16)21-9-24-22(25(21)18(13-29)14-30)10-23(26(24)32-15-31)20-8-4-2-6-17(20)12-28/h1-10H. The molecule has 2 aromatic carbocycles. The Balaban J connectivity index is 2.01. The van der Waals surface area contributed by atoms with E-state index < -0.39 is 0 Å². The van der Waals surface area contributed by atoms with Gasteiger partial charge in [-0.15, -0.1) is 0 Å². The molecule has 0 aliphatic heterocycles. The van der Waals surface area contributed by atoms with E-state index in [9.17, 15) is 26.3 Å². The highest BCUT2D eigenvalue weighted by Gasteiger charge is 2.35. The van der Waals surface area contributed by atoms with Crippen LogP contribution >= 0.6 is 0 Å². The van der Waals surface area contributed by atoms with Crippen molar-refractivity contribution in [3.05, 3.63) is 105 Å². The Bertz CT molecular complexity index is 1540. The summed E-state index contributed by atoms with van der Waals surface area (Å²) in [6.07, 6.45) is 5.29. The average molecular weight is 406 g/mol. The number of rotatable bonds is 2. The third-order valence-electron chi connectivity index (χ3n) is 5.23. The van der Waals surface area contributed by atoms with Crippen LogP contribution in [0.4, 0.5) is 0 Å². The number of hydrogen-bond acceptors (Lipinski definition) is 6. The molecule has 0 amide bonds. The molecule has 0 radical (unpaired) electrons. The van der Waals surface area contributed by atoms with Crippen LogP contribution in [0.15, 0.2) is 88.0 Å². The first-order chi connectivity index (χ1) is 15.7. The molecule has 6 heteroatoms. The lowest BCUT2D eigenvalue weighted by atomic mass is 9.89. The van der Waals surface area contributed by atoms with Crippen molar-refractivity contribution >= 4 is 16.9 Å². The molecule has 0 fully saturated rings. The molecule has 0 saturated carbocycles. The molecule has 144 valence electrons. The van der Waals surface area contributed by atoms with E-state index in [1.807, 2.05) is 18.3 Å². The van der Waals surface area contributed by atoms with E-state index >= 15 is 0 Å². The second kappa shape index (κ2) is 8.10. The summed E-state index contributed by atoms with van der Waals surface area (Å²) in [6, 6.07) is 22.0. The Morgan fingerprint density at radius 2 is 1.19 bits per heavy atom. The van der Waals surface area contributed by atoms with Crippen molar-refractivity contribution in [3.63, 3.8) is 0 Å². The fourth-order valence-electron chi connectivity index (χ4n) is 3.90. The van der Waals surface area contributed by atoms with Crippen LogP contribution in [0.2, 0.25) is 0 Å². The van der Waals surface area contributed by atoms with Gasteiger partial charge in [0.15, 0.2) is 0 Å². The molecule has 0 unspecified atom stereocenters. The van der Waals surface area contributed by atoms with Crippen LogP contribution in [-0.4, -0.2) is 5.71 Å². The summed E-state index contributed by atoms with van der Waals surface area (Å²) in [5, 5.41) is 47.7. The van der Waals surface area contributed by atoms with Gasteiger partial charge in [0.1, 0.15) is 17.7 Å². The summed E-state index contributed by atoms with van der Waals surface area (Å²) in [5.74, 6) is 0. The summed E-state index contributed by atoms with van der Waals surface area (Å²) in [7, 11) is 0. The quantitative estimate of drug-likeness (QED) is 0.535. The van der Waals surface area contributed by atoms with Gasteiger partial charge in [0.2, 0.25) is 6.19 Å². The van der Waals surface area contributed by atoms with Gasteiger partial charge in [-0.25, -0.2) is 0 Å². The molecule has 0 saturated heterocycles.